The predicted octanol–water partition coefficient (Wildman–Crippen LogP) is 3.14. The minimum atomic E-state index is 0.0114. The monoisotopic (exact) mass is 304 g/mol. The Balaban J connectivity index is 1.82. The number of carbonyl (C=O) groups excluding carboxylic acids is 1. The molecule has 1 heterocycles. The summed E-state index contributed by atoms with van der Waals surface area (Å²) in [6, 6.07) is 8.86. The van der Waals surface area contributed by atoms with Gasteiger partial charge in [0.2, 0.25) is 5.91 Å². The minimum Gasteiger partial charge on any atom is -0.494 e. The maximum atomic E-state index is 10.8. The topological polar surface area (TPSA) is 41.6 Å². The fraction of sp³-hybridized carbons (Fsp3) is 0.611. The standard InChI is InChI=1S/C18H28N2O2/c1-15(20-11-4-3-5-12-20)17-8-6-9-18(14-17)22-13-7-10-19-16(2)21/h6,8-9,14-15H,3-5,7,10-13H2,1-2H3,(H,19,21). The third-order valence-electron chi connectivity index (χ3n) is 4.24. The molecule has 0 saturated carbocycles. The third-order valence-corrected chi connectivity index (χ3v) is 4.24. The largest absolute Gasteiger partial charge is 0.494 e. The van der Waals surface area contributed by atoms with Gasteiger partial charge in [-0.1, -0.05) is 18.6 Å². The summed E-state index contributed by atoms with van der Waals surface area (Å²) >= 11 is 0. The Morgan fingerprint density at radius 2 is 2.09 bits per heavy atom. The van der Waals surface area contributed by atoms with Crippen molar-refractivity contribution in [3.8, 4) is 5.75 Å². The number of ether oxygens (including phenoxy) is 1. The van der Waals surface area contributed by atoms with E-state index in [0.29, 0.717) is 19.2 Å². The molecule has 1 atom stereocenters. The number of rotatable bonds is 7. The summed E-state index contributed by atoms with van der Waals surface area (Å²) in [5, 5.41) is 2.78. The Morgan fingerprint density at radius 3 is 2.82 bits per heavy atom. The molecule has 0 aromatic heterocycles. The molecule has 4 nitrogen and oxygen atoms in total. The van der Waals surface area contributed by atoms with Crippen LogP contribution in [-0.4, -0.2) is 37.0 Å². The van der Waals surface area contributed by atoms with Gasteiger partial charge in [-0.05, 0) is 57.0 Å². The van der Waals surface area contributed by atoms with Gasteiger partial charge >= 0.3 is 0 Å². The molecular formula is C18H28N2O2. The van der Waals surface area contributed by atoms with Crippen LogP contribution in [0.2, 0.25) is 0 Å². The highest BCUT2D eigenvalue weighted by Gasteiger charge is 2.18. The van der Waals surface area contributed by atoms with E-state index >= 15 is 0 Å². The Labute approximate surface area is 133 Å². The predicted molar refractivity (Wildman–Crippen MR) is 89.1 cm³/mol. The van der Waals surface area contributed by atoms with Gasteiger partial charge in [0.05, 0.1) is 6.61 Å². The lowest BCUT2D eigenvalue weighted by Gasteiger charge is -2.32. The maximum Gasteiger partial charge on any atom is 0.216 e. The van der Waals surface area contributed by atoms with Crippen LogP contribution in [0.15, 0.2) is 24.3 Å². The first-order chi connectivity index (χ1) is 10.7. The van der Waals surface area contributed by atoms with Gasteiger partial charge in [-0.25, -0.2) is 0 Å². The fourth-order valence-corrected chi connectivity index (χ4v) is 2.91. The number of piperidine rings is 1. The molecule has 1 saturated heterocycles. The normalized spacial score (nSPS) is 17.0. The van der Waals surface area contributed by atoms with Crippen LogP contribution in [0.3, 0.4) is 0 Å². The molecule has 1 amide bonds. The fourth-order valence-electron chi connectivity index (χ4n) is 2.91. The van der Waals surface area contributed by atoms with Gasteiger partial charge in [0, 0.05) is 19.5 Å². The first-order valence-corrected chi connectivity index (χ1v) is 8.38. The molecule has 122 valence electrons. The average molecular weight is 304 g/mol. The molecule has 0 bridgehead atoms. The van der Waals surface area contributed by atoms with Crippen molar-refractivity contribution in [3.63, 3.8) is 0 Å². The molecule has 4 heteroatoms. The maximum absolute atomic E-state index is 10.8. The van der Waals surface area contributed by atoms with Gasteiger partial charge in [-0.3, -0.25) is 9.69 Å². The van der Waals surface area contributed by atoms with Crippen molar-refractivity contribution < 1.29 is 9.53 Å². The number of likely N-dealkylation sites (tertiary alicyclic amines) is 1. The molecule has 1 aromatic carbocycles. The average Bonchev–Trinajstić information content (AvgIpc) is 2.54. The molecule has 1 N–H and O–H groups in total. The Kier molecular flexibility index (Phi) is 6.72. The Hall–Kier alpha value is -1.55. The van der Waals surface area contributed by atoms with E-state index < -0.39 is 0 Å². The van der Waals surface area contributed by atoms with E-state index in [9.17, 15) is 4.79 Å². The van der Waals surface area contributed by atoms with E-state index in [2.05, 4.69) is 35.3 Å². The summed E-state index contributed by atoms with van der Waals surface area (Å²) in [7, 11) is 0. The highest BCUT2D eigenvalue weighted by atomic mass is 16.5. The van der Waals surface area contributed by atoms with Gasteiger partial charge in [0.1, 0.15) is 5.75 Å². The molecule has 22 heavy (non-hydrogen) atoms. The first kappa shape index (κ1) is 16.8. The highest BCUT2D eigenvalue weighted by molar-refractivity contribution is 5.72. The molecule has 1 aromatic rings. The number of carbonyl (C=O) groups is 1. The lowest BCUT2D eigenvalue weighted by atomic mass is 10.0. The van der Waals surface area contributed by atoms with Gasteiger partial charge in [-0.15, -0.1) is 0 Å². The van der Waals surface area contributed by atoms with Crippen LogP contribution in [0.1, 0.15) is 51.1 Å². The van der Waals surface area contributed by atoms with E-state index in [-0.39, 0.29) is 5.91 Å². The van der Waals surface area contributed by atoms with Crippen molar-refractivity contribution in [2.24, 2.45) is 0 Å². The zero-order valence-corrected chi connectivity index (χ0v) is 13.8. The number of benzene rings is 1. The van der Waals surface area contributed by atoms with Crippen molar-refractivity contribution in [1.29, 1.82) is 0 Å². The van der Waals surface area contributed by atoms with Crippen LogP contribution in [-0.2, 0) is 4.79 Å². The van der Waals surface area contributed by atoms with Crippen LogP contribution in [0.25, 0.3) is 0 Å². The quantitative estimate of drug-likeness (QED) is 0.787. The summed E-state index contributed by atoms with van der Waals surface area (Å²) in [6.07, 6.45) is 4.81. The van der Waals surface area contributed by atoms with E-state index in [4.69, 9.17) is 4.74 Å². The smallest absolute Gasteiger partial charge is 0.216 e. The van der Waals surface area contributed by atoms with Gasteiger partial charge in [-0.2, -0.15) is 0 Å². The molecule has 0 radical (unpaired) electrons. The van der Waals surface area contributed by atoms with E-state index in [1.165, 1.54) is 44.8 Å². The molecule has 1 unspecified atom stereocenters. The van der Waals surface area contributed by atoms with Gasteiger partial charge in [0.25, 0.3) is 0 Å². The number of nitrogens with one attached hydrogen (secondary N) is 1. The van der Waals surface area contributed by atoms with Crippen LogP contribution in [0, 0.1) is 0 Å². The summed E-state index contributed by atoms with van der Waals surface area (Å²) in [4.78, 5) is 13.3. The SMILES string of the molecule is CC(=O)NCCCOc1cccc(C(C)N2CCCCC2)c1. The zero-order chi connectivity index (χ0) is 15.8. The Morgan fingerprint density at radius 1 is 1.32 bits per heavy atom. The number of hydrogen-bond donors (Lipinski definition) is 1. The van der Waals surface area contributed by atoms with Crippen LogP contribution in [0.4, 0.5) is 0 Å². The lowest BCUT2D eigenvalue weighted by molar-refractivity contribution is -0.118. The second-order valence-electron chi connectivity index (χ2n) is 6.03. The molecular weight excluding hydrogens is 276 g/mol. The summed E-state index contributed by atoms with van der Waals surface area (Å²) < 4.78 is 5.80. The van der Waals surface area contributed by atoms with Crippen molar-refractivity contribution >= 4 is 5.91 Å². The number of amides is 1. The number of nitrogens with zero attached hydrogens (tertiary/aromatic N) is 1. The second kappa shape index (κ2) is 8.79. The van der Waals surface area contributed by atoms with Crippen LogP contribution < -0.4 is 10.1 Å². The third kappa shape index (κ3) is 5.34. The summed E-state index contributed by atoms with van der Waals surface area (Å²) in [5.41, 5.74) is 1.32. The van der Waals surface area contributed by atoms with Gasteiger partial charge < -0.3 is 10.1 Å². The zero-order valence-electron chi connectivity index (χ0n) is 13.8. The van der Waals surface area contributed by atoms with Crippen molar-refractivity contribution in [2.45, 2.75) is 45.6 Å². The molecule has 1 aliphatic rings. The number of hydrogen-bond acceptors (Lipinski definition) is 3. The molecule has 0 aliphatic carbocycles. The second-order valence-corrected chi connectivity index (χ2v) is 6.03. The van der Waals surface area contributed by atoms with E-state index in [1.54, 1.807) is 0 Å². The molecule has 1 fully saturated rings. The van der Waals surface area contributed by atoms with Crippen LogP contribution in [0.5, 0.6) is 5.75 Å². The van der Waals surface area contributed by atoms with Crippen LogP contribution >= 0.6 is 0 Å². The minimum absolute atomic E-state index is 0.0114. The van der Waals surface area contributed by atoms with Crippen molar-refractivity contribution in [3.05, 3.63) is 29.8 Å². The summed E-state index contributed by atoms with van der Waals surface area (Å²) in [6.45, 7) is 7.50. The molecule has 1 aliphatic heterocycles. The first-order valence-electron chi connectivity index (χ1n) is 8.38. The van der Waals surface area contributed by atoms with Crippen molar-refractivity contribution in [1.82, 2.24) is 10.2 Å². The lowest BCUT2D eigenvalue weighted by Crippen LogP contribution is -2.32. The van der Waals surface area contributed by atoms with Gasteiger partial charge in [0.15, 0.2) is 0 Å². The highest BCUT2D eigenvalue weighted by Crippen LogP contribution is 2.26. The van der Waals surface area contributed by atoms with E-state index in [1.807, 2.05) is 6.07 Å². The summed E-state index contributed by atoms with van der Waals surface area (Å²) in [5.74, 6) is 0.932. The van der Waals surface area contributed by atoms with Crippen molar-refractivity contribution in [2.75, 3.05) is 26.2 Å². The van der Waals surface area contributed by atoms with E-state index in [0.717, 1.165) is 12.2 Å². The Bertz CT molecular complexity index is 470. The molecule has 0 spiro atoms. The molecule has 2 rings (SSSR count).